The van der Waals surface area contributed by atoms with E-state index in [0.29, 0.717) is 6.61 Å². The van der Waals surface area contributed by atoms with Gasteiger partial charge in [-0.05, 0) is 31.0 Å². The Bertz CT molecular complexity index is 655. The van der Waals surface area contributed by atoms with Gasteiger partial charge >= 0.3 is 12.2 Å². The summed E-state index contributed by atoms with van der Waals surface area (Å²) in [5, 5.41) is 10.9. The Morgan fingerprint density at radius 3 is 2.84 bits per heavy atom. The first-order valence-corrected chi connectivity index (χ1v) is 8.10. The maximum Gasteiger partial charge on any atom is 0.418 e. The van der Waals surface area contributed by atoms with E-state index in [4.69, 9.17) is 21.6 Å². The molecule has 0 spiro atoms. The average Bonchev–Trinajstić information content (AvgIpc) is 3.05. The zero-order valence-corrected chi connectivity index (χ0v) is 14.0. The largest absolute Gasteiger partial charge is 0.418 e. The summed E-state index contributed by atoms with van der Waals surface area (Å²) >= 11 is 5.63. The van der Waals surface area contributed by atoms with Crippen molar-refractivity contribution in [3.63, 3.8) is 0 Å². The standard InChI is InChI=1S/C16H17ClF3N3O2/c17-11-4-5-14(13(9-11)16(18,19)20)22-15(24)23(7-2-6-21)10-12-3-1-8-25-12/h4-5,9,12H,1-3,7-8,10H2,(H,22,24). The zero-order chi connectivity index (χ0) is 18.4. The molecule has 1 atom stereocenters. The lowest BCUT2D eigenvalue weighted by molar-refractivity contribution is -0.136. The Morgan fingerprint density at radius 2 is 2.24 bits per heavy atom. The molecular weight excluding hydrogens is 359 g/mol. The van der Waals surface area contributed by atoms with Crippen LogP contribution in [0.5, 0.6) is 0 Å². The number of hydrogen-bond acceptors (Lipinski definition) is 3. The minimum atomic E-state index is -4.65. The molecule has 9 heteroatoms. The summed E-state index contributed by atoms with van der Waals surface area (Å²) in [7, 11) is 0. The average molecular weight is 376 g/mol. The van der Waals surface area contributed by atoms with Crippen molar-refractivity contribution in [2.45, 2.75) is 31.5 Å². The van der Waals surface area contributed by atoms with Crippen molar-refractivity contribution in [1.82, 2.24) is 4.90 Å². The number of hydrogen-bond donors (Lipinski definition) is 1. The second-order valence-electron chi connectivity index (χ2n) is 5.61. The van der Waals surface area contributed by atoms with Crippen LogP contribution < -0.4 is 5.32 Å². The Hall–Kier alpha value is -1.98. The normalized spacial score (nSPS) is 17.2. The summed E-state index contributed by atoms with van der Waals surface area (Å²) in [5.74, 6) is 0. The second kappa shape index (κ2) is 8.41. The van der Waals surface area contributed by atoms with Crippen LogP contribution in [0.15, 0.2) is 18.2 Å². The summed E-state index contributed by atoms with van der Waals surface area (Å²) in [4.78, 5) is 13.7. The number of ether oxygens (including phenoxy) is 1. The molecule has 136 valence electrons. The van der Waals surface area contributed by atoms with Gasteiger partial charge in [0, 0.05) is 24.7 Å². The first-order valence-electron chi connectivity index (χ1n) is 7.72. The van der Waals surface area contributed by atoms with E-state index in [0.717, 1.165) is 25.0 Å². The number of benzene rings is 1. The monoisotopic (exact) mass is 375 g/mol. The molecule has 0 aromatic heterocycles. The van der Waals surface area contributed by atoms with Gasteiger partial charge in [-0.15, -0.1) is 0 Å². The number of carbonyl (C=O) groups excluding carboxylic acids is 1. The van der Waals surface area contributed by atoms with Crippen LogP contribution in [0.4, 0.5) is 23.7 Å². The van der Waals surface area contributed by atoms with E-state index in [2.05, 4.69) is 5.32 Å². The maximum absolute atomic E-state index is 13.1. The van der Waals surface area contributed by atoms with E-state index in [-0.39, 0.29) is 36.3 Å². The highest BCUT2D eigenvalue weighted by molar-refractivity contribution is 6.30. The molecule has 1 N–H and O–H groups in total. The van der Waals surface area contributed by atoms with Crippen molar-refractivity contribution >= 4 is 23.3 Å². The molecule has 1 aromatic carbocycles. The van der Waals surface area contributed by atoms with Gasteiger partial charge in [-0.3, -0.25) is 0 Å². The maximum atomic E-state index is 13.1. The van der Waals surface area contributed by atoms with Crippen molar-refractivity contribution in [1.29, 1.82) is 5.26 Å². The van der Waals surface area contributed by atoms with Crippen LogP contribution >= 0.6 is 11.6 Å². The molecule has 5 nitrogen and oxygen atoms in total. The van der Waals surface area contributed by atoms with E-state index in [1.54, 1.807) is 0 Å². The molecule has 1 aromatic rings. The third-order valence-electron chi connectivity index (χ3n) is 3.76. The summed E-state index contributed by atoms with van der Waals surface area (Å²) in [5.41, 5.74) is -1.40. The van der Waals surface area contributed by atoms with Crippen molar-refractivity contribution in [2.24, 2.45) is 0 Å². The number of amides is 2. The van der Waals surface area contributed by atoms with Gasteiger partial charge in [0.2, 0.25) is 0 Å². The quantitative estimate of drug-likeness (QED) is 0.835. The van der Waals surface area contributed by atoms with Crippen LogP contribution in [-0.4, -0.2) is 36.7 Å². The minimum absolute atomic E-state index is 0.0763. The van der Waals surface area contributed by atoms with E-state index in [9.17, 15) is 18.0 Å². The number of rotatable bonds is 5. The number of alkyl halides is 3. The number of nitriles is 1. The lowest BCUT2D eigenvalue weighted by Gasteiger charge is -2.25. The Balaban J connectivity index is 2.15. The van der Waals surface area contributed by atoms with Gasteiger partial charge in [0.05, 0.1) is 29.8 Å². The molecule has 0 saturated carbocycles. The molecule has 1 aliphatic rings. The van der Waals surface area contributed by atoms with Crippen LogP contribution in [0.1, 0.15) is 24.8 Å². The highest BCUT2D eigenvalue weighted by Crippen LogP contribution is 2.36. The predicted molar refractivity (Wildman–Crippen MR) is 86.2 cm³/mol. The van der Waals surface area contributed by atoms with Crippen molar-refractivity contribution in [3.8, 4) is 6.07 Å². The smallest absolute Gasteiger partial charge is 0.376 e. The van der Waals surface area contributed by atoms with Gasteiger partial charge in [-0.1, -0.05) is 11.6 Å². The van der Waals surface area contributed by atoms with Gasteiger partial charge in [-0.2, -0.15) is 18.4 Å². The molecule has 2 amide bonds. The van der Waals surface area contributed by atoms with Crippen molar-refractivity contribution in [2.75, 3.05) is 25.0 Å². The number of halogens is 4. The lowest BCUT2D eigenvalue weighted by atomic mass is 10.1. The highest BCUT2D eigenvalue weighted by Gasteiger charge is 2.34. The van der Waals surface area contributed by atoms with E-state index in [1.807, 2.05) is 6.07 Å². The van der Waals surface area contributed by atoms with Crippen molar-refractivity contribution < 1.29 is 22.7 Å². The molecule has 25 heavy (non-hydrogen) atoms. The Morgan fingerprint density at radius 1 is 1.48 bits per heavy atom. The Labute approximate surface area is 148 Å². The molecule has 0 aliphatic carbocycles. The molecule has 1 saturated heterocycles. The third-order valence-corrected chi connectivity index (χ3v) is 3.99. The van der Waals surface area contributed by atoms with Crippen LogP contribution in [-0.2, 0) is 10.9 Å². The number of nitrogens with zero attached hydrogens (tertiary/aromatic N) is 2. The lowest BCUT2D eigenvalue weighted by Crippen LogP contribution is -2.41. The van der Waals surface area contributed by atoms with E-state index in [1.165, 1.54) is 11.0 Å². The fourth-order valence-electron chi connectivity index (χ4n) is 2.55. The molecule has 1 fully saturated rings. The molecule has 1 aliphatic heterocycles. The minimum Gasteiger partial charge on any atom is -0.376 e. The zero-order valence-electron chi connectivity index (χ0n) is 13.3. The van der Waals surface area contributed by atoms with Gasteiger partial charge < -0.3 is 15.0 Å². The van der Waals surface area contributed by atoms with Gasteiger partial charge in [0.1, 0.15) is 0 Å². The molecular formula is C16H17ClF3N3O2. The number of urea groups is 1. The van der Waals surface area contributed by atoms with Gasteiger partial charge in [-0.25, -0.2) is 4.79 Å². The van der Waals surface area contributed by atoms with Crippen molar-refractivity contribution in [3.05, 3.63) is 28.8 Å². The Kier molecular flexibility index (Phi) is 6.51. The summed E-state index contributed by atoms with van der Waals surface area (Å²) in [6.07, 6.45) is -3.11. The summed E-state index contributed by atoms with van der Waals surface area (Å²) in [6, 6.07) is 4.35. The van der Waals surface area contributed by atoms with Gasteiger partial charge in [0.15, 0.2) is 0 Å². The molecule has 0 radical (unpaired) electrons. The molecule has 1 heterocycles. The molecule has 2 rings (SSSR count). The fourth-order valence-corrected chi connectivity index (χ4v) is 2.72. The van der Waals surface area contributed by atoms with Crippen LogP contribution in [0.25, 0.3) is 0 Å². The number of anilines is 1. The first kappa shape index (κ1) is 19.3. The topological polar surface area (TPSA) is 65.4 Å². The molecule has 0 bridgehead atoms. The van der Waals surface area contributed by atoms with E-state index >= 15 is 0 Å². The number of carbonyl (C=O) groups is 1. The highest BCUT2D eigenvalue weighted by atomic mass is 35.5. The van der Waals surface area contributed by atoms with Crippen LogP contribution in [0.3, 0.4) is 0 Å². The van der Waals surface area contributed by atoms with Crippen LogP contribution in [0.2, 0.25) is 5.02 Å². The predicted octanol–water partition coefficient (Wildman–Crippen LogP) is 4.29. The summed E-state index contributed by atoms with van der Waals surface area (Å²) in [6.45, 7) is 0.924. The van der Waals surface area contributed by atoms with E-state index < -0.39 is 17.8 Å². The molecule has 1 unspecified atom stereocenters. The van der Waals surface area contributed by atoms with Crippen LogP contribution in [0, 0.1) is 11.3 Å². The summed E-state index contributed by atoms with van der Waals surface area (Å²) < 4.78 is 44.8. The SMILES string of the molecule is N#CCCN(CC1CCCO1)C(=O)Nc1ccc(Cl)cc1C(F)(F)F. The number of nitrogens with one attached hydrogen (secondary N) is 1. The van der Waals surface area contributed by atoms with Gasteiger partial charge in [0.25, 0.3) is 0 Å². The second-order valence-corrected chi connectivity index (χ2v) is 6.04. The fraction of sp³-hybridized carbons (Fsp3) is 0.500. The first-order chi connectivity index (χ1) is 11.8. The third kappa shape index (κ3) is 5.51.